The molecule has 0 saturated carbocycles. The Bertz CT molecular complexity index is 819. The van der Waals surface area contributed by atoms with Crippen molar-refractivity contribution in [2.24, 2.45) is 0 Å². The molecule has 152 valence electrons. The van der Waals surface area contributed by atoms with Crippen molar-refractivity contribution >= 4 is 6.03 Å². The van der Waals surface area contributed by atoms with Crippen molar-refractivity contribution in [2.45, 2.75) is 31.4 Å². The minimum Gasteiger partial charge on any atom is -0.327 e. The maximum Gasteiger partial charge on any atom is 0.416 e. The van der Waals surface area contributed by atoms with Crippen LogP contribution in [-0.4, -0.2) is 23.2 Å². The SMILES string of the molecule is C[C@H](NC(=O)N[C@@H](c1ccc(C(F)(F)F)cc1)c1ncccc1F)C(F)(F)F. The van der Waals surface area contributed by atoms with E-state index in [0.717, 1.165) is 18.2 Å². The summed E-state index contributed by atoms with van der Waals surface area (Å²) in [5, 5.41) is 3.76. The van der Waals surface area contributed by atoms with E-state index in [-0.39, 0.29) is 11.3 Å². The molecule has 2 aromatic rings. The average molecular weight is 409 g/mol. The van der Waals surface area contributed by atoms with Crippen molar-refractivity contribution in [3.05, 3.63) is 65.2 Å². The molecule has 0 aliphatic carbocycles. The number of aromatic nitrogens is 1. The molecule has 11 heteroatoms. The molecule has 1 aromatic heterocycles. The lowest BCUT2D eigenvalue weighted by Gasteiger charge is -2.23. The zero-order valence-electron chi connectivity index (χ0n) is 14.2. The Hall–Kier alpha value is -2.85. The fraction of sp³-hybridized carbons (Fsp3) is 0.294. The van der Waals surface area contributed by atoms with Gasteiger partial charge in [-0.3, -0.25) is 4.98 Å². The Labute approximate surface area is 154 Å². The summed E-state index contributed by atoms with van der Waals surface area (Å²) in [5.41, 5.74) is -1.34. The first-order chi connectivity index (χ1) is 12.9. The second-order valence-electron chi connectivity index (χ2n) is 5.80. The van der Waals surface area contributed by atoms with Crippen molar-refractivity contribution in [1.29, 1.82) is 0 Å². The van der Waals surface area contributed by atoms with E-state index in [1.807, 2.05) is 0 Å². The number of halogens is 7. The molecule has 1 heterocycles. The van der Waals surface area contributed by atoms with Gasteiger partial charge in [0.1, 0.15) is 23.6 Å². The molecule has 2 N–H and O–H groups in total. The molecule has 4 nitrogen and oxygen atoms in total. The van der Waals surface area contributed by atoms with Crippen molar-refractivity contribution < 1.29 is 35.5 Å². The summed E-state index contributed by atoms with van der Waals surface area (Å²) < 4.78 is 90.0. The molecule has 0 saturated heterocycles. The van der Waals surface area contributed by atoms with Gasteiger partial charge in [-0.05, 0) is 36.8 Å². The number of hydrogen-bond donors (Lipinski definition) is 2. The molecule has 0 radical (unpaired) electrons. The first kappa shape index (κ1) is 21.5. The number of nitrogens with zero attached hydrogens (tertiary/aromatic N) is 1. The van der Waals surface area contributed by atoms with Crippen LogP contribution >= 0.6 is 0 Å². The highest BCUT2D eigenvalue weighted by atomic mass is 19.4. The Morgan fingerprint density at radius 2 is 1.61 bits per heavy atom. The molecule has 28 heavy (non-hydrogen) atoms. The lowest BCUT2D eigenvalue weighted by atomic mass is 10.0. The Morgan fingerprint density at radius 1 is 1.00 bits per heavy atom. The highest BCUT2D eigenvalue weighted by molar-refractivity contribution is 5.75. The molecule has 0 aliphatic rings. The van der Waals surface area contributed by atoms with Crippen LogP contribution in [0, 0.1) is 5.82 Å². The van der Waals surface area contributed by atoms with Gasteiger partial charge in [0.2, 0.25) is 0 Å². The van der Waals surface area contributed by atoms with Crippen molar-refractivity contribution in [2.75, 3.05) is 0 Å². The van der Waals surface area contributed by atoms with Gasteiger partial charge in [-0.2, -0.15) is 26.3 Å². The van der Waals surface area contributed by atoms with Crippen LogP contribution in [-0.2, 0) is 6.18 Å². The Kier molecular flexibility index (Phi) is 6.15. The number of rotatable bonds is 4. The van der Waals surface area contributed by atoms with E-state index in [4.69, 9.17) is 0 Å². The standard InChI is InChI=1S/C17H14F7N3O/c1-9(16(19,20)21)26-15(28)27-13(14-12(18)3-2-8-25-14)10-4-6-11(7-5-10)17(22,23)24/h2-9,13H,1H3,(H2,26,27,28)/t9-,13-/m0/s1. The lowest BCUT2D eigenvalue weighted by Crippen LogP contribution is -2.48. The minimum atomic E-state index is -4.71. The summed E-state index contributed by atoms with van der Waals surface area (Å²) in [6, 6.07) is 0.719. The summed E-state index contributed by atoms with van der Waals surface area (Å²) in [6.45, 7) is 0.702. The summed E-state index contributed by atoms with van der Waals surface area (Å²) >= 11 is 0. The van der Waals surface area contributed by atoms with Gasteiger partial charge in [0, 0.05) is 6.20 Å². The zero-order chi connectivity index (χ0) is 21.1. The second kappa shape index (κ2) is 8.03. The number of carbonyl (C=O) groups is 1. The van der Waals surface area contributed by atoms with E-state index in [1.165, 1.54) is 12.3 Å². The minimum absolute atomic E-state index is 0.000381. The van der Waals surface area contributed by atoms with Crippen LogP contribution in [0.25, 0.3) is 0 Å². The third-order valence-corrected chi connectivity index (χ3v) is 3.75. The summed E-state index contributed by atoms with van der Waals surface area (Å²) in [6.07, 6.45) is -8.15. The fourth-order valence-electron chi connectivity index (χ4n) is 2.24. The van der Waals surface area contributed by atoms with Crippen molar-refractivity contribution in [3.8, 4) is 0 Å². The van der Waals surface area contributed by atoms with Gasteiger partial charge in [0.25, 0.3) is 0 Å². The smallest absolute Gasteiger partial charge is 0.327 e. The van der Waals surface area contributed by atoms with Gasteiger partial charge >= 0.3 is 18.4 Å². The molecule has 0 spiro atoms. The summed E-state index contributed by atoms with van der Waals surface area (Å²) in [4.78, 5) is 15.7. The third kappa shape index (κ3) is 5.33. The Morgan fingerprint density at radius 3 is 2.11 bits per heavy atom. The number of nitrogens with one attached hydrogen (secondary N) is 2. The molecule has 1 aromatic carbocycles. The van der Waals surface area contributed by atoms with Gasteiger partial charge in [-0.1, -0.05) is 12.1 Å². The zero-order valence-corrected chi connectivity index (χ0v) is 14.2. The lowest BCUT2D eigenvalue weighted by molar-refractivity contribution is -0.148. The monoisotopic (exact) mass is 409 g/mol. The van der Waals surface area contributed by atoms with Crippen molar-refractivity contribution in [3.63, 3.8) is 0 Å². The quantitative estimate of drug-likeness (QED) is 0.727. The number of benzene rings is 1. The van der Waals surface area contributed by atoms with E-state index >= 15 is 0 Å². The number of carbonyl (C=O) groups excluding carboxylic acids is 1. The highest BCUT2D eigenvalue weighted by Crippen LogP contribution is 2.31. The molecule has 2 rings (SSSR count). The van der Waals surface area contributed by atoms with Gasteiger partial charge in [0.15, 0.2) is 0 Å². The first-order valence-corrected chi connectivity index (χ1v) is 7.81. The molecule has 0 aliphatic heterocycles. The first-order valence-electron chi connectivity index (χ1n) is 7.81. The van der Waals surface area contributed by atoms with Gasteiger partial charge in [0.05, 0.1) is 5.56 Å². The van der Waals surface area contributed by atoms with E-state index in [0.29, 0.717) is 19.1 Å². The maximum absolute atomic E-state index is 14.1. The predicted molar refractivity (Wildman–Crippen MR) is 84.7 cm³/mol. The highest BCUT2D eigenvalue weighted by Gasteiger charge is 2.37. The summed E-state index contributed by atoms with van der Waals surface area (Å²) in [7, 11) is 0. The van der Waals surface area contributed by atoms with Crippen LogP contribution in [0.15, 0.2) is 42.6 Å². The maximum atomic E-state index is 14.1. The van der Waals surface area contributed by atoms with E-state index < -0.39 is 41.8 Å². The van der Waals surface area contributed by atoms with Gasteiger partial charge in [-0.25, -0.2) is 9.18 Å². The second-order valence-corrected chi connectivity index (χ2v) is 5.80. The number of amides is 2. The van der Waals surface area contributed by atoms with E-state index in [9.17, 15) is 35.5 Å². The number of pyridine rings is 1. The predicted octanol–water partition coefficient (Wildman–Crippen LogP) is 4.58. The molecule has 0 fully saturated rings. The van der Waals surface area contributed by atoms with E-state index in [1.54, 1.807) is 5.32 Å². The topological polar surface area (TPSA) is 54.0 Å². The molecular formula is C17H14F7N3O. The van der Waals surface area contributed by atoms with Crippen LogP contribution in [0.2, 0.25) is 0 Å². The number of alkyl halides is 6. The third-order valence-electron chi connectivity index (χ3n) is 3.75. The molecule has 2 atom stereocenters. The average Bonchev–Trinajstić information content (AvgIpc) is 2.59. The van der Waals surface area contributed by atoms with Crippen molar-refractivity contribution in [1.82, 2.24) is 15.6 Å². The van der Waals surface area contributed by atoms with Gasteiger partial charge in [-0.15, -0.1) is 0 Å². The van der Waals surface area contributed by atoms with E-state index in [2.05, 4.69) is 10.3 Å². The van der Waals surface area contributed by atoms with Crippen LogP contribution < -0.4 is 10.6 Å². The van der Waals surface area contributed by atoms with Crippen LogP contribution in [0.5, 0.6) is 0 Å². The molecular weight excluding hydrogens is 395 g/mol. The largest absolute Gasteiger partial charge is 0.416 e. The van der Waals surface area contributed by atoms with Crippen LogP contribution in [0.3, 0.4) is 0 Å². The number of hydrogen-bond acceptors (Lipinski definition) is 2. The normalized spacial score (nSPS) is 14.3. The summed E-state index contributed by atoms with van der Waals surface area (Å²) in [5.74, 6) is -0.892. The molecule has 2 amide bonds. The Balaban J connectivity index is 2.33. The number of urea groups is 1. The molecule has 0 unspecified atom stereocenters. The van der Waals surface area contributed by atoms with Crippen LogP contribution in [0.1, 0.15) is 29.8 Å². The molecule has 0 bridgehead atoms. The fourth-order valence-corrected chi connectivity index (χ4v) is 2.24. The van der Waals surface area contributed by atoms with Crippen LogP contribution in [0.4, 0.5) is 35.5 Å². The van der Waals surface area contributed by atoms with Gasteiger partial charge < -0.3 is 10.6 Å².